The molecular formula is C15H20N2O3. The summed E-state index contributed by atoms with van der Waals surface area (Å²) in [4.78, 5) is 22.7. The molecule has 1 aliphatic heterocycles. The van der Waals surface area contributed by atoms with E-state index in [0.29, 0.717) is 18.2 Å². The van der Waals surface area contributed by atoms with Crippen LogP contribution in [0.4, 0.5) is 5.69 Å². The summed E-state index contributed by atoms with van der Waals surface area (Å²) in [6.07, 6.45) is 4.84. The van der Waals surface area contributed by atoms with Crippen molar-refractivity contribution in [3.05, 3.63) is 29.8 Å². The second-order valence-corrected chi connectivity index (χ2v) is 5.12. The molecule has 1 aromatic rings. The lowest BCUT2D eigenvalue weighted by Crippen LogP contribution is -2.34. The van der Waals surface area contributed by atoms with Crippen molar-refractivity contribution in [1.29, 1.82) is 0 Å². The van der Waals surface area contributed by atoms with Gasteiger partial charge in [0.15, 0.2) is 0 Å². The lowest BCUT2D eigenvalue weighted by Gasteiger charge is -2.23. The molecule has 0 aromatic heterocycles. The van der Waals surface area contributed by atoms with E-state index in [1.807, 2.05) is 0 Å². The third-order valence-electron chi connectivity index (χ3n) is 3.53. The van der Waals surface area contributed by atoms with E-state index in [1.54, 1.807) is 12.1 Å². The summed E-state index contributed by atoms with van der Waals surface area (Å²) in [5.74, 6) is -1.06. The van der Waals surface area contributed by atoms with Crippen LogP contribution in [0.5, 0.6) is 0 Å². The zero-order valence-electron chi connectivity index (χ0n) is 11.4. The maximum absolute atomic E-state index is 11.8. The molecule has 0 bridgehead atoms. The van der Waals surface area contributed by atoms with Gasteiger partial charge < -0.3 is 15.7 Å². The number of carbonyl (C=O) groups is 2. The number of hydrogen-bond donors (Lipinski definition) is 3. The van der Waals surface area contributed by atoms with E-state index in [0.717, 1.165) is 19.4 Å². The summed E-state index contributed by atoms with van der Waals surface area (Å²) < 4.78 is 0. The predicted molar refractivity (Wildman–Crippen MR) is 76.9 cm³/mol. The van der Waals surface area contributed by atoms with Crippen LogP contribution in [0.15, 0.2) is 24.3 Å². The molecule has 0 spiro atoms. The number of carboxylic acids is 1. The zero-order valence-corrected chi connectivity index (χ0v) is 11.4. The van der Waals surface area contributed by atoms with Gasteiger partial charge in [0.1, 0.15) is 0 Å². The van der Waals surface area contributed by atoms with E-state index in [-0.39, 0.29) is 11.5 Å². The quantitative estimate of drug-likeness (QED) is 0.770. The Balaban J connectivity index is 1.81. The van der Waals surface area contributed by atoms with Crippen LogP contribution < -0.4 is 10.6 Å². The smallest absolute Gasteiger partial charge is 0.335 e. The molecule has 0 radical (unpaired) electrons. The van der Waals surface area contributed by atoms with Gasteiger partial charge >= 0.3 is 5.97 Å². The molecular weight excluding hydrogens is 256 g/mol. The summed E-state index contributed by atoms with van der Waals surface area (Å²) in [6, 6.07) is 6.73. The lowest BCUT2D eigenvalue weighted by molar-refractivity contribution is -0.116. The van der Waals surface area contributed by atoms with Crippen molar-refractivity contribution in [2.45, 2.75) is 38.1 Å². The normalized spacial score (nSPS) is 18.5. The Morgan fingerprint density at radius 3 is 2.90 bits per heavy atom. The average Bonchev–Trinajstić information content (AvgIpc) is 2.46. The minimum absolute atomic E-state index is 0.0695. The molecule has 20 heavy (non-hydrogen) atoms. The van der Waals surface area contributed by atoms with E-state index in [1.165, 1.54) is 25.0 Å². The number of amides is 1. The summed E-state index contributed by atoms with van der Waals surface area (Å²) in [5.41, 5.74) is 0.711. The molecule has 1 saturated heterocycles. The van der Waals surface area contributed by atoms with Crippen LogP contribution in [0.25, 0.3) is 0 Å². The number of aromatic carboxylic acids is 1. The summed E-state index contributed by atoms with van der Waals surface area (Å²) in [7, 11) is 0. The number of benzene rings is 1. The first-order valence-corrected chi connectivity index (χ1v) is 7.02. The second-order valence-electron chi connectivity index (χ2n) is 5.12. The van der Waals surface area contributed by atoms with Gasteiger partial charge in [0.2, 0.25) is 5.91 Å². The number of carboxylic acid groups (broad SMARTS) is 1. The Kier molecular flexibility index (Phi) is 5.12. The molecule has 0 aliphatic carbocycles. The van der Waals surface area contributed by atoms with Gasteiger partial charge in [-0.25, -0.2) is 4.79 Å². The molecule has 1 fully saturated rings. The molecule has 5 heteroatoms. The highest BCUT2D eigenvalue weighted by Gasteiger charge is 2.14. The van der Waals surface area contributed by atoms with Crippen molar-refractivity contribution in [1.82, 2.24) is 5.32 Å². The number of piperidine rings is 1. The topological polar surface area (TPSA) is 78.4 Å². The van der Waals surface area contributed by atoms with Crippen LogP contribution in [0.1, 0.15) is 42.5 Å². The second kappa shape index (κ2) is 7.05. The number of carbonyl (C=O) groups excluding carboxylic acids is 1. The van der Waals surface area contributed by atoms with Crippen LogP contribution in [0, 0.1) is 0 Å². The Morgan fingerprint density at radius 1 is 1.35 bits per heavy atom. The largest absolute Gasteiger partial charge is 0.478 e. The summed E-state index contributed by atoms with van der Waals surface area (Å²) in [5, 5.41) is 15.0. The van der Waals surface area contributed by atoms with Gasteiger partial charge in [-0.2, -0.15) is 0 Å². The number of hydrogen-bond acceptors (Lipinski definition) is 3. The van der Waals surface area contributed by atoms with Gasteiger partial charge in [0.05, 0.1) is 5.56 Å². The van der Waals surface area contributed by atoms with Crippen LogP contribution >= 0.6 is 0 Å². The number of nitrogens with one attached hydrogen (secondary N) is 2. The van der Waals surface area contributed by atoms with Crippen molar-refractivity contribution in [2.24, 2.45) is 0 Å². The molecule has 5 nitrogen and oxygen atoms in total. The van der Waals surface area contributed by atoms with Crippen molar-refractivity contribution >= 4 is 17.6 Å². The Hall–Kier alpha value is -1.88. The van der Waals surface area contributed by atoms with Crippen LogP contribution in [0.2, 0.25) is 0 Å². The predicted octanol–water partition coefficient (Wildman–Crippen LogP) is 2.25. The number of rotatable bonds is 5. The third-order valence-corrected chi connectivity index (χ3v) is 3.53. The van der Waals surface area contributed by atoms with Gasteiger partial charge in [-0.15, -0.1) is 0 Å². The third kappa shape index (κ3) is 4.35. The number of anilines is 1. The summed E-state index contributed by atoms with van der Waals surface area (Å²) >= 11 is 0. The minimum Gasteiger partial charge on any atom is -0.478 e. The molecule has 1 aromatic carbocycles. The Labute approximate surface area is 118 Å². The average molecular weight is 276 g/mol. The van der Waals surface area contributed by atoms with Crippen molar-refractivity contribution in [3.63, 3.8) is 0 Å². The first kappa shape index (κ1) is 14.5. The lowest BCUT2D eigenvalue weighted by atomic mass is 10.0. The van der Waals surface area contributed by atoms with E-state index < -0.39 is 5.97 Å². The molecule has 1 unspecified atom stereocenters. The van der Waals surface area contributed by atoms with Gasteiger partial charge in [0, 0.05) is 18.2 Å². The maximum atomic E-state index is 11.8. The Bertz CT molecular complexity index is 482. The Morgan fingerprint density at radius 2 is 2.20 bits per heavy atom. The zero-order chi connectivity index (χ0) is 14.4. The van der Waals surface area contributed by atoms with Gasteiger partial charge in [-0.1, -0.05) is 12.5 Å². The SMILES string of the molecule is O=C(CCC1CCCCN1)Nc1cccc(C(=O)O)c1. The fourth-order valence-electron chi connectivity index (χ4n) is 2.43. The van der Waals surface area contributed by atoms with Gasteiger partial charge in [-0.05, 0) is 44.0 Å². The fraction of sp³-hybridized carbons (Fsp3) is 0.467. The summed E-state index contributed by atoms with van der Waals surface area (Å²) in [6.45, 7) is 1.03. The monoisotopic (exact) mass is 276 g/mol. The molecule has 1 amide bonds. The molecule has 0 saturated carbocycles. The van der Waals surface area contributed by atoms with E-state index >= 15 is 0 Å². The van der Waals surface area contributed by atoms with E-state index in [4.69, 9.17) is 5.11 Å². The highest BCUT2D eigenvalue weighted by Crippen LogP contribution is 2.14. The molecule has 108 valence electrons. The molecule has 3 N–H and O–H groups in total. The van der Waals surface area contributed by atoms with Gasteiger partial charge in [-0.3, -0.25) is 4.79 Å². The standard InChI is InChI=1S/C15H20N2O3/c18-14(8-7-12-5-1-2-9-16-12)17-13-6-3-4-11(10-13)15(19)20/h3-4,6,10,12,16H,1-2,5,7-9H2,(H,17,18)(H,19,20). The maximum Gasteiger partial charge on any atom is 0.335 e. The van der Waals surface area contributed by atoms with Gasteiger partial charge in [0.25, 0.3) is 0 Å². The highest BCUT2D eigenvalue weighted by molar-refractivity contribution is 5.93. The van der Waals surface area contributed by atoms with Crippen LogP contribution in [-0.2, 0) is 4.79 Å². The van der Waals surface area contributed by atoms with Crippen LogP contribution in [0.3, 0.4) is 0 Å². The first-order valence-electron chi connectivity index (χ1n) is 7.02. The molecule has 1 heterocycles. The molecule has 1 aliphatic rings. The van der Waals surface area contributed by atoms with Crippen molar-refractivity contribution in [3.8, 4) is 0 Å². The van der Waals surface area contributed by atoms with E-state index in [9.17, 15) is 9.59 Å². The minimum atomic E-state index is -0.993. The van der Waals surface area contributed by atoms with Crippen molar-refractivity contribution < 1.29 is 14.7 Å². The molecule has 2 rings (SSSR count). The first-order chi connectivity index (χ1) is 9.65. The highest BCUT2D eigenvalue weighted by atomic mass is 16.4. The van der Waals surface area contributed by atoms with Crippen molar-refractivity contribution in [2.75, 3.05) is 11.9 Å². The molecule has 1 atom stereocenters. The van der Waals surface area contributed by atoms with E-state index in [2.05, 4.69) is 10.6 Å². The fourth-order valence-corrected chi connectivity index (χ4v) is 2.43. The van der Waals surface area contributed by atoms with Crippen LogP contribution in [-0.4, -0.2) is 29.6 Å².